The van der Waals surface area contributed by atoms with E-state index in [9.17, 15) is 22.0 Å². The summed E-state index contributed by atoms with van der Waals surface area (Å²) in [7, 11) is 0. The zero-order valence-corrected chi connectivity index (χ0v) is 7.66. The smallest absolute Gasteiger partial charge is 0.206 e. The summed E-state index contributed by atoms with van der Waals surface area (Å²) < 4.78 is 68.6. The van der Waals surface area contributed by atoms with Crippen LogP contribution in [0.15, 0.2) is 35.1 Å². The second kappa shape index (κ2) is 4.46. The molecule has 0 heterocycles. The van der Waals surface area contributed by atoms with Gasteiger partial charge in [-0.3, -0.25) is 0 Å². The molecule has 0 aromatic carbocycles. The highest BCUT2D eigenvalue weighted by molar-refractivity contribution is 5.39. The first-order valence-electron chi connectivity index (χ1n) is 4.08. The van der Waals surface area contributed by atoms with Crippen molar-refractivity contribution >= 4 is 0 Å². The Morgan fingerprint density at radius 2 is 1.80 bits per heavy atom. The van der Waals surface area contributed by atoms with Gasteiger partial charge in [-0.1, -0.05) is 0 Å². The third-order valence-electron chi connectivity index (χ3n) is 1.64. The van der Waals surface area contributed by atoms with Crippen LogP contribution in [0.5, 0.6) is 0 Å². The molecule has 0 saturated heterocycles. The quantitative estimate of drug-likeness (QED) is 0.654. The van der Waals surface area contributed by atoms with Gasteiger partial charge in [0.15, 0.2) is 29.4 Å². The van der Waals surface area contributed by atoms with Crippen molar-refractivity contribution in [3.63, 3.8) is 0 Å². The molecular formula is C9H7F5O. The van der Waals surface area contributed by atoms with E-state index in [1.165, 1.54) is 6.92 Å². The molecule has 0 spiro atoms. The molecule has 0 amide bonds. The molecule has 0 aromatic heterocycles. The maximum atomic E-state index is 13.0. The van der Waals surface area contributed by atoms with Crippen molar-refractivity contribution in [1.29, 1.82) is 0 Å². The minimum atomic E-state index is -2.55. The molecule has 0 bridgehead atoms. The zero-order chi connectivity index (χ0) is 11.6. The van der Waals surface area contributed by atoms with E-state index in [1.54, 1.807) is 0 Å². The Hall–Kier alpha value is -1.33. The van der Waals surface area contributed by atoms with E-state index in [0.29, 0.717) is 0 Å². The molecule has 1 atom stereocenters. The number of ether oxygens (including phenoxy) is 1. The fourth-order valence-corrected chi connectivity index (χ4v) is 0.986. The van der Waals surface area contributed by atoms with Crippen molar-refractivity contribution < 1.29 is 26.7 Å². The standard InChI is InChI=1S/C9H7F5O/c1-2-15-9-7(13)5(11)3-4(10)6(12)8(9)14/h3,5H,2H2,1H3. The van der Waals surface area contributed by atoms with Gasteiger partial charge >= 0.3 is 0 Å². The van der Waals surface area contributed by atoms with Gasteiger partial charge in [0.25, 0.3) is 0 Å². The molecule has 1 unspecified atom stereocenters. The van der Waals surface area contributed by atoms with Gasteiger partial charge in [0.2, 0.25) is 5.83 Å². The molecule has 0 aliphatic heterocycles. The normalized spacial score (nSPS) is 22.8. The molecule has 1 rings (SSSR count). The summed E-state index contributed by atoms with van der Waals surface area (Å²) in [4.78, 5) is 0. The van der Waals surface area contributed by atoms with Crippen LogP contribution in [0, 0.1) is 0 Å². The Morgan fingerprint density at radius 1 is 1.20 bits per heavy atom. The van der Waals surface area contributed by atoms with Gasteiger partial charge in [-0.15, -0.1) is 0 Å². The van der Waals surface area contributed by atoms with Crippen molar-refractivity contribution in [3.8, 4) is 0 Å². The maximum absolute atomic E-state index is 13.0. The largest absolute Gasteiger partial charge is 0.488 e. The lowest BCUT2D eigenvalue weighted by atomic mass is 10.3. The molecule has 0 aromatic rings. The highest BCUT2D eigenvalue weighted by Crippen LogP contribution is 2.33. The van der Waals surface area contributed by atoms with Gasteiger partial charge < -0.3 is 4.74 Å². The van der Waals surface area contributed by atoms with Crippen LogP contribution in [-0.4, -0.2) is 12.8 Å². The van der Waals surface area contributed by atoms with Gasteiger partial charge in [0, 0.05) is 0 Å². The van der Waals surface area contributed by atoms with Gasteiger partial charge in [0.1, 0.15) is 0 Å². The van der Waals surface area contributed by atoms with Crippen LogP contribution in [-0.2, 0) is 4.74 Å². The van der Waals surface area contributed by atoms with Gasteiger partial charge in [-0.2, -0.15) is 4.39 Å². The predicted octanol–water partition coefficient (Wildman–Crippen LogP) is 3.56. The Labute approximate surface area is 82.5 Å². The van der Waals surface area contributed by atoms with E-state index >= 15 is 0 Å². The highest BCUT2D eigenvalue weighted by Gasteiger charge is 2.29. The molecule has 1 nitrogen and oxygen atoms in total. The summed E-state index contributed by atoms with van der Waals surface area (Å²) in [6, 6.07) is 0. The average molecular weight is 226 g/mol. The highest BCUT2D eigenvalue weighted by atomic mass is 19.2. The van der Waals surface area contributed by atoms with Crippen molar-refractivity contribution in [3.05, 3.63) is 35.1 Å². The fraction of sp³-hybridized carbons (Fsp3) is 0.333. The van der Waals surface area contributed by atoms with Gasteiger partial charge in [0.05, 0.1) is 6.61 Å². The van der Waals surface area contributed by atoms with E-state index in [1.807, 2.05) is 0 Å². The number of allylic oxidation sites excluding steroid dienone is 5. The lowest BCUT2D eigenvalue weighted by Crippen LogP contribution is -2.03. The van der Waals surface area contributed by atoms with Crippen LogP contribution in [0.3, 0.4) is 0 Å². The molecule has 1 aliphatic carbocycles. The van der Waals surface area contributed by atoms with E-state index in [2.05, 4.69) is 4.74 Å². The summed E-state index contributed by atoms with van der Waals surface area (Å²) >= 11 is 0. The second-order valence-electron chi connectivity index (χ2n) is 2.65. The van der Waals surface area contributed by atoms with Crippen molar-refractivity contribution in [2.24, 2.45) is 0 Å². The van der Waals surface area contributed by atoms with Crippen molar-refractivity contribution in [2.45, 2.75) is 13.1 Å². The Morgan fingerprint density at radius 3 is 2.33 bits per heavy atom. The minimum absolute atomic E-state index is 0.00370. The molecular weight excluding hydrogens is 219 g/mol. The summed E-state index contributed by atoms with van der Waals surface area (Å²) in [6.07, 6.45) is -2.55. The van der Waals surface area contributed by atoms with Crippen LogP contribution in [0.4, 0.5) is 22.0 Å². The van der Waals surface area contributed by atoms with Crippen LogP contribution in [0.1, 0.15) is 6.92 Å². The number of halogens is 5. The predicted molar refractivity (Wildman–Crippen MR) is 43.1 cm³/mol. The Kier molecular flexibility index (Phi) is 3.49. The van der Waals surface area contributed by atoms with E-state index in [4.69, 9.17) is 0 Å². The summed E-state index contributed by atoms with van der Waals surface area (Å²) in [5.74, 6) is -8.54. The summed E-state index contributed by atoms with van der Waals surface area (Å²) in [5, 5.41) is 0. The number of rotatable bonds is 2. The Bertz CT molecular complexity index is 356. The van der Waals surface area contributed by atoms with Crippen molar-refractivity contribution in [1.82, 2.24) is 0 Å². The monoisotopic (exact) mass is 226 g/mol. The number of alkyl halides is 1. The van der Waals surface area contributed by atoms with E-state index < -0.39 is 35.2 Å². The first-order valence-corrected chi connectivity index (χ1v) is 4.08. The third-order valence-corrected chi connectivity index (χ3v) is 1.64. The van der Waals surface area contributed by atoms with Crippen LogP contribution in [0.25, 0.3) is 0 Å². The number of hydrogen-bond acceptors (Lipinski definition) is 1. The maximum Gasteiger partial charge on any atom is 0.206 e. The molecule has 1 aliphatic rings. The van der Waals surface area contributed by atoms with E-state index in [-0.39, 0.29) is 12.7 Å². The zero-order valence-electron chi connectivity index (χ0n) is 7.66. The first kappa shape index (κ1) is 11.7. The first-order chi connectivity index (χ1) is 6.99. The molecule has 0 saturated carbocycles. The topological polar surface area (TPSA) is 9.23 Å². The number of hydrogen-bond donors (Lipinski definition) is 0. The van der Waals surface area contributed by atoms with E-state index in [0.717, 1.165) is 0 Å². The molecule has 6 heteroatoms. The lowest BCUT2D eigenvalue weighted by Gasteiger charge is -2.07. The van der Waals surface area contributed by atoms with Crippen LogP contribution < -0.4 is 0 Å². The van der Waals surface area contributed by atoms with Gasteiger partial charge in [-0.25, -0.2) is 17.6 Å². The molecule has 84 valence electrons. The van der Waals surface area contributed by atoms with Gasteiger partial charge in [-0.05, 0) is 13.0 Å². The minimum Gasteiger partial charge on any atom is -0.488 e. The lowest BCUT2D eigenvalue weighted by molar-refractivity contribution is 0.201. The molecule has 0 fully saturated rings. The fourth-order valence-electron chi connectivity index (χ4n) is 0.986. The Balaban J connectivity index is 3.26. The second-order valence-corrected chi connectivity index (χ2v) is 2.65. The summed E-state index contributed by atoms with van der Waals surface area (Å²) in [5.41, 5.74) is 0. The average Bonchev–Trinajstić information content (AvgIpc) is 2.26. The summed E-state index contributed by atoms with van der Waals surface area (Å²) in [6.45, 7) is 1.17. The van der Waals surface area contributed by atoms with Crippen molar-refractivity contribution in [2.75, 3.05) is 6.61 Å². The van der Waals surface area contributed by atoms with Crippen LogP contribution in [0.2, 0.25) is 0 Å². The SMILES string of the molecule is CCOC1=C(F)C(F)C=C(F)C(F)=C1F. The third kappa shape index (κ3) is 2.19. The molecule has 15 heavy (non-hydrogen) atoms. The molecule has 0 N–H and O–H groups in total. The molecule has 0 radical (unpaired) electrons. The van der Waals surface area contributed by atoms with Crippen LogP contribution >= 0.6 is 0 Å².